The highest BCUT2D eigenvalue weighted by molar-refractivity contribution is 5.93. The minimum absolute atomic E-state index is 0.0899. The molecular weight excluding hydrogens is 247 g/mol. The maximum atomic E-state index is 12.8. The Labute approximate surface area is 109 Å². The van der Waals surface area contributed by atoms with Crippen molar-refractivity contribution < 1.29 is 9.18 Å². The Morgan fingerprint density at radius 1 is 1.26 bits per heavy atom. The van der Waals surface area contributed by atoms with Crippen LogP contribution in [0.2, 0.25) is 0 Å². The molecule has 19 heavy (non-hydrogen) atoms. The molecule has 1 heterocycles. The predicted molar refractivity (Wildman–Crippen MR) is 69.3 cm³/mol. The number of H-pyrrole nitrogens is 1. The minimum atomic E-state index is -0.418. The summed E-state index contributed by atoms with van der Waals surface area (Å²) in [6, 6.07) is 8.96. The number of carbonyl (C=O) groups excluding carboxylic acids is 1. The topological polar surface area (TPSA) is 53.2 Å². The third-order valence-electron chi connectivity index (χ3n) is 2.73. The van der Waals surface area contributed by atoms with E-state index >= 15 is 0 Å². The maximum absolute atomic E-state index is 12.8. The number of nitrogens with one attached hydrogen (secondary N) is 1. The summed E-state index contributed by atoms with van der Waals surface area (Å²) in [6.45, 7) is 0.313. The number of rotatable bonds is 3. The molecule has 0 fully saturated rings. The van der Waals surface area contributed by atoms with E-state index in [4.69, 9.17) is 0 Å². The third kappa shape index (κ3) is 3.07. The molecule has 0 spiro atoms. The number of benzene rings is 1. The fourth-order valence-electron chi connectivity index (χ4n) is 1.73. The first-order chi connectivity index (χ1) is 9.08. The minimum Gasteiger partial charge on any atom is -0.337 e. The van der Waals surface area contributed by atoms with Crippen molar-refractivity contribution in [3.63, 3.8) is 0 Å². The Morgan fingerprint density at radius 3 is 2.58 bits per heavy atom. The van der Waals surface area contributed by atoms with E-state index < -0.39 is 5.56 Å². The van der Waals surface area contributed by atoms with E-state index in [9.17, 15) is 14.0 Å². The largest absolute Gasteiger partial charge is 0.337 e. The van der Waals surface area contributed by atoms with Gasteiger partial charge in [-0.1, -0.05) is 12.1 Å². The average Bonchev–Trinajstić information content (AvgIpc) is 2.41. The van der Waals surface area contributed by atoms with Gasteiger partial charge in [0.1, 0.15) is 11.4 Å². The van der Waals surface area contributed by atoms with Crippen molar-refractivity contribution in [2.75, 3.05) is 7.05 Å². The van der Waals surface area contributed by atoms with Gasteiger partial charge in [-0.2, -0.15) is 0 Å². The Bertz CT molecular complexity index is 634. The molecule has 5 heteroatoms. The molecule has 0 bridgehead atoms. The summed E-state index contributed by atoms with van der Waals surface area (Å²) in [6.07, 6.45) is 1.47. The van der Waals surface area contributed by atoms with E-state index in [1.165, 1.54) is 29.3 Å². The van der Waals surface area contributed by atoms with Crippen LogP contribution in [-0.2, 0) is 6.54 Å². The second-order valence-electron chi connectivity index (χ2n) is 4.20. The molecule has 0 saturated carbocycles. The van der Waals surface area contributed by atoms with Crippen molar-refractivity contribution in [3.05, 3.63) is 69.9 Å². The second kappa shape index (κ2) is 5.48. The van der Waals surface area contributed by atoms with Crippen molar-refractivity contribution >= 4 is 5.91 Å². The number of amides is 1. The number of hydrogen-bond acceptors (Lipinski definition) is 2. The Hall–Kier alpha value is -2.43. The Kier molecular flexibility index (Phi) is 3.75. The van der Waals surface area contributed by atoms with E-state index in [0.717, 1.165) is 5.56 Å². The second-order valence-corrected chi connectivity index (χ2v) is 4.20. The maximum Gasteiger partial charge on any atom is 0.260 e. The molecule has 0 radical (unpaired) electrons. The molecule has 1 aromatic heterocycles. The summed E-state index contributed by atoms with van der Waals surface area (Å²) < 4.78 is 12.8. The molecule has 0 saturated heterocycles. The zero-order chi connectivity index (χ0) is 13.8. The first-order valence-electron chi connectivity index (χ1n) is 5.75. The smallest absolute Gasteiger partial charge is 0.260 e. The van der Waals surface area contributed by atoms with Crippen LogP contribution in [0.5, 0.6) is 0 Å². The number of pyridine rings is 1. The standard InChI is InChI=1S/C14H13FN2O2/c1-17(9-10-4-6-11(15)7-5-10)14(19)12-3-2-8-16-13(12)18/h2-8H,9H2,1H3,(H,16,18). The number of nitrogens with zero attached hydrogens (tertiary/aromatic N) is 1. The zero-order valence-electron chi connectivity index (χ0n) is 10.4. The molecule has 2 rings (SSSR count). The van der Waals surface area contributed by atoms with Crippen LogP contribution in [0.15, 0.2) is 47.4 Å². The summed E-state index contributed by atoms with van der Waals surface area (Å²) in [5, 5.41) is 0. The van der Waals surface area contributed by atoms with Gasteiger partial charge in [0.15, 0.2) is 0 Å². The highest BCUT2D eigenvalue weighted by Crippen LogP contribution is 2.07. The zero-order valence-corrected chi connectivity index (χ0v) is 10.4. The summed E-state index contributed by atoms with van der Waals surface area (Å²) in [5.74, 6) is -0.691. The summed E-state index contributed by atoms with van der Waals surface area (Å²) in [7, 11) is 1.60. The fourth-order valence-corrected chi connectivity index (χ4v) is 1.73. The molecule has 98 valence electrons. The van der Waals surface area contributed by atoms with E-state index in [1.54, 1.807) is 25.2 Å². The summed E-state index contributed by atoms with van der Waals surface area (Å²) in [5.41, 5.74) is 0.468. The van der Waals surface area contributed by atoms with Crippen LogP contribution in [0.25, 0.3) is 0 Å². The van der Waals surface area contributed by atoms with Crippen LogP contribution in [-0.4, -0.2) is 22.8 Å². The molecule has 1 aromatic carbocycles. The van der Waals surface area contributed by atoms with Crippen LogP contribution in [0.4, 0.5) is 4.39 Å². The SMILES string of the molecule is CN(Cc1ccc(F)cc1)C(=O)c1ccc[nH]c1=O. The van der Waals surface area contributed by atoms with Gasteiger partial charge in [0.05, 0.1) is 0 Å². The van der Waals surface area contributed by atoms with Crippen molar-refractivity contribution in [2.24, 2.45) is 0 Å². The van der Waals surface area contributed by atoms with Crippen molar-refractivity contribution in [1.82, 2.24) is 9.88 Å². The number of carbonyl (C=O) groups is 1. The van der Waals surface area contributed by atoms with Gasteiger partial charge >= 0.3 is 0 Å². The average molecular weight is 260 g/mol. The van der Waals surface area contributed by atoms with Crippen LogP contribution >= 0.6 is 0 Å². The molecule has 0 aliphatic heterocycles. The van der Waals surface area contributed by atoms with Gasteiger partial charge in [-0.05, 0) is 29.8 Å². The van der Waals surface area contributed by atoms with Crippen molar-refractivity contribution in [2.45, 2.75) is 6.54 Å². The Morgan fingerprint density at radius 2 is 1.95 bits per heavy atom. The van der Waals surface area contributed by atoms with Gasteiger partial charge in [0.2, 0.25) is 0 Å². The molecular formula is C14H13FN2O2. The van der Waals surface area contributed by atoms with Crippen molar-refractivity contribution in [3.8, 4) is 0 Å². The molecule has 2 aromatic rings. The molecule has 4 nitrogen and oxygen atoms in total. The lowest BCUT2D eigenvalue weighted by atomic mass is 10.2. The fraction of sp³-hybridized carbons (Fsp3) is 0.143. The van der Waals surface area contributed by atoms with E-state index in [-0.39, 0.29) is 17.3 Å². The molecule has 1 amide bonds. The van der Waals surface area contributed by atoms with Crippen LogP contribution in [0.3, 0.4) is 0 Å². The summed E-state index contributed by atoms with van der Waals surface area (Å²) in [4.78, 5) is 27.4. The lowest BCUT2D eigenvalue weighted by molar-refractivity contribution is 0.0783. The van der Waals surface area contributed by atoms with Gasteiger partial charge in [-0.3, -0.25) is 9.59 Å². The quantitative estimate of drug-likeness (QED) is 0.914. The third-order valence-corrected chi connectivity index (χ3v) is 2.73. The number of aromatic nitrogens is 1. The van der Waals surface area contributed by atoms with Crippen LogP contribution < -0.4 is 5.56 Å². The van der Waals surface area contributed by atoms with Gasteiger partial charge in [-0.25, -0.2) is 4.39 Å². The number of halogens is 1. The van der Waals surface area contributed by atoms with Crippen LogP contribution in [0, 0.1) is 5.82 Å². The first kappa shape index (κ1) is 13.0. The predicted octanol–water partition coefficient (Wildman–Crippen LogP) is 1.79. The first-order valence-corrected chi connectivity index (χ1v) is 5.75. The lowest BCUT2D eigenvalue weighted by Gasteiger charge is -2.16. The van der Waals surface area contributed by atoms with Gasteiger partial charge < -0.3 is 9.88 Å². The normalized spacial score (nSPS) is 10.2. The van der Waals surface area contributed by atoms with Crippen molar-refractivity contribution in [1.29, 1.82) is 0 Å². The molecule has 0 atom stereocenters. The monoisotopic (exact) mass is 260 g/mol. The van der Waals surface area contributed by atoms with E-state index in [1.807, 2.05) is 0 Å². The summed E-state index contributed by atoms with van der Waals surface area (Å²) >= 11 is 0. The molecule has 0 aliphatic carbocycles. The number of hydrogen-bond donors (Lipinski definition) is 1. The highest BCUT2D eigenvalue weighted by Gasteiger charge is 2.14. The Balaban J connectivity index is 2.14. The highest BCUT2D eigenvalue weighted by atomic mass is 19.1. The van der Waals surface area contributed by atoms with E-state index in [2.05, 4.69) is 4.98 Å². The van der Waals surface area contributed by atoms with Gasteiger partial charge in [0, 0.05) is 19.8 Å². The van der Waals surface area contributed by atoms with Gasteiger partial charge in [0.25, 0.3) is 11.5 Å². The van der Waals surface area contributed by atoms with E-state index in [0.29, 0.717) is 6.54 Å². The van der Waals surface area contributed by atoms with Gasteiger partial charge in [-0.15, -0.1) is 0 Å². The molecule has 1 N–H and O–H groups in total. The number of aromatic amines is 1. The lowest BCUT2D eigenvalue weighted by Crippen LogP contribution is -2.31. The molecule has 0 unspecified atom stereocenters. The van der Waals surface area contributed by atoms with Crippen LogP contribution in [0.1, 0.15) is 15.9 Å². The molecule has 0 aliphatic rings.